The Bertz CT molecular complexity index is 1410. The van der Waals surface area contributed by atoms with Gasteiger partial charge in [0.15, 0.2) is 11.5 Å². The Morgan fingerprint density at radius 3 is 2.41 bits per heavy atom. The number of pyridine rings is 1. The number of halogens is 1. The molecule has 7 nitrogen and oxygen atoms in total. The summed E-state index contributed by atoms with van der Waals surface area (Å²) in [4.78, 5) is 30.9. The van der Waals surface area contributed by atoms with E-state index in [1.165, 1.54) is 0 Å². The number of H-pyrrole nitrogens is 1. The molecule has 0 atom stereocenters. The standard InChI is InChI=1S/C26H21ClN2O5/c1-32-21-8-2-16(3-9-21)13-29(26(31)17-4-6-20(27)7-5-17)14-19-10-18-11-23-24(34-15-33-23)12-22(18)28-25(19)30/h2-12H,13-15H2,1H3,(H,28,30). The minimum absolute atomic E-state index is 0.118. The van der Waals surface area contributed by atoms with Gasteiger partial charge >= 0.3 is 0 Å². The van der Waals surface area contributed by atoms with E-state index >= 15 is 0 Å². The summed E-state index contributed by atoms with van der Waals surface area (Å²) >= 11 is 6.00. The van der Waals surface area contributed by atoms with E-state index < -0.39 is 0 Å². The number of hydrogen-bond acceptors (Lipinski definition) is 5. The summed E-state index contributed by atoms with van der Waals surface area (Å²) in [5, 5.41) is 1.34. The average Bonchev–Trinajstić information content (AvgIpc) is 3.30. The first-order valence-corrected chi connectivity index (χ1v) is 11.0. The Morgan fingerprint density at radius 2 is 1.71 bits per heavy atom. The van der Waals surface area contributed by atoms with E-state index in [0.717, 1.165) is 16.7 Å². The Kier molecular flexibility index (Phi) is 5.86. The number of ether oxygens (including phenoxy) is 3. The molecule has 0 unspecified atom stereocenters. The van der Waals surface area contributed by atoms with Crippen LogP contribution in [0.15, 0.2) is 71.5 Å². The Hall–Kier alpha value is -3.97. The molecule has 1 aliphatic heterocycles. The van der Waals surface area contributed by atoms with Crippen LogP contribution < -0.4 is 19.8 Å². The van der Waals surface area contributed by atoms with Crippen LogP contribution in [-0.2, 0) is 13.1 Å². The molecule has 34 heavy (non-hydrogen) atoms. The smallest absolute Gasteiger partial charge is 0.254 e. The van der Waals surface area contributed by atoms with Crippen molar-refractivity contribution in [2.24, 2.45) is 0 Å². The van der Waals surface area contributed by atoms with Crippen molar-refractivity contribution in [3.8, 4) is 17.2 Å². The number of fused-ring (bicyclic) bond motifs is 2. The van der Waals surface area contributed by atoms with Gasteiger partial charge in [-0.25, -0.2) is 0 Å². The predicted molar refractivity (Wildman–Crippen MR) is 129 cm³/mol. The molecule has 0 aliphatic carbocycles. The third kappa shape index (κ3) is 4.43. The van der Waals surface area contributed by atoms with Crippen molar-refractivity contribution in [1.82, 2.24) is 9.88 Å². The number of methoxy groups -OCH3 is 1. The third-order valence-electron chi connectivity index (χ3n) is 5.69. The lowest BCUT2D eigenvalue weighted by molar-refractivity contribution is 0.0729. The number of hydrogen-bond donors (Lipinski definition) is 1. The highest BCUT2D eigenvalue weighted by Crippen LogP contribution is 2.35. The van der Waals surface area contributed by atoms with Crippen LogP contribution in [0.4, 0.5) is 0 Å². The summed E-state index contributed by atoms with van der Waals surface area (Å²) in [7, 11) is 1.60. The van der Waals surface area contributed by atoms with Crippen LogP contribution in [0.5, 0.6) is 17.2 Å². The number of aromatic nitrogens is 1. The van der Waals surface area contributed by atoms with E-state index in [4.69, 9.17) is 25.8 Å². The van der Waals surface area contributed by atoms with E-state index in [1.807, 2.05) is 30.3 Å². The number of aromatic amines is 1. The van der Waals surface area contributed by atoms with E-state index in [1.54, 1.807) is 48.4 Å². The van der Waals surface area contributed by atoms with Crippen LogP contribution in [0, 0.1) is 0 Å². The first-order valence-electron chi connectivity index (χ1n) is 10.6. The number of carbonyl (C=O) groups excluding carboxylic acids is 1. The summed E-state index contributed by atoms with van der Waals surface area (Å²) in [6, 6.07) is 19.5. The molecule has 5 rings (SSSR count). The van der Waals surface area contributed by atoms with Gasteiger partial charge in [-0.3, -0.25) is 9.59 Å². The number of nitrogens with one attached hydrogen (secondary N) is 1. The second-order valence-corrected chi connectivity index (χ2v) is 8.37. The van der Waals surface area contributed by atoms with Gasteiger partial charge in [-0.2, -0.15) is 0 Å². The van der Waals surface area contributed by atoms with Crippen molar-refractivity contribution in [3.63, 3.8) is 0 Å². The topological polar surface area (TPSA) is 80.9 Å². The van der Waals surface area contributed by atoms with Crippen molar-refractivity contribution in [1.29, 1.82) is 0 Å². The molecule has 1 aliphatic rings. The SMILES string of the molecule is COc1ccc(CN(Cc2cc3cc4c(cc3[nH]c2=O)OCO4)C(=O)c2ccc(Cl)cc2)cc1. The monoisotopic (exact) mass is 476 g/mol. The van der Waals surface area contributed by atoms with Gasteiger partial charge in [0.05, 0.1) is 19.2 Å². The van der Waals surface area contributed by atoms with E-state index in [2.05, 4.69) is 4.98 Å². The van der Waals surface area contributed by atoms with Crippen LogP contribution >= 0.6 is 11.6 Å². The second kappa shape index (κ2) is 9.11. The lowest BCUT2D eigenvalue weighted by Crippen LogP contribution is -2.32. The minimum Gasteiger partial charge on any atom is -0.497 e. The minimum atomic E-state index is -0.269. The number of amides is 1. The van der Waals surface area contributed by atoms with Crippen LogP contribution in [0.1, 0.15) is 21.5 Å². The van der Waals surface area contributed by atoms with E-state index in [-0.39, 0.29) is 24.8 Å². The first-order chi connectivity index (χ1) is 16.5. The molecule has 2 heterocycles. The van der Waals surface area contributed by atoms with Gasteiger partial charge in [-0.05, 0) is 54.1 Å². The molecule has 1 N–H and O–H groups in total. The lowest BCUT2D eigenvalue weighted by Gasteiger charge is -2.23. The van der Waals surface area contributed by atoms with Gasteiger partial charge in [0.2, 0.25) is 6.79 Å². The van der Waals surface area contributed by atoms with Crippen LogP contribution in [-0.4, -0.2) is 29.7 Å². The molecule has 172 valence electrons. The maximum atomic E-state index is 13.4. The summed E-state index contributed by atoms with van der Waals surface area (Å²) in [5.41, 5.74) is 2.23. The fourth-order valence-corrected chi connectivity index (χ4v) is 4.02. The molecule has 1 aromatic heterocycles. The second-order valence-electron chi connectivity index (χ2n) is 7.93. The van der Waals surface area contributed by atoms with Gasteiger partial charge in [-0.15, -0.1) is 0 Å². The zero-order valence-electron chi connectivity index (χ0n) is 18.3. The van der Waals surface area contributed by atoms with Gasteiger partial charge in [0, 0.05) is 34.1 Å². The third-order valence-corrected chi connectivity index (χ3v) is 5.94. The average molecular weight is 477 g/mol. The Morgan fingerprint density at radius 1 is 1.00 bits per heavy atom. The Balaban J connectivity index is 1.50. The molecule has 1 amide bonds. The summed E-state index contributed by atoms with van der Waals surface area (Å²) in [6.07, 6.45) is 0. The highest BCUT2D eigenvalue weighted by molar-refractivity contribution is 6.30. The lowest BCUT2D eigenvalue weighted by atomic mass is 10.1. The van der Waals surface area contributed by atoms with Crippen LogP contribution in [0.25, 0.3) is 10.9 Å². The van der Waals surface area contributed by atoms with Crippen molar-refractivity contribution < 1.29 is 19.0 Å². The zero-order valence-corrected chi connectivity index (χ0v) is 19.1. The molecular formula is C26H21ClN2O5. The fourth-order valence-electron chi connectivity index (χ4n) is 3.89. The van der Waals surface area contributed by atoms with Crippen molar-refractivity contribution in [3.05, 3.63) is 98.8 Å². The molecule has 0 fully saturated rings. The molecule has 0 saturated carbocycles. The molecule has 4 aromatic rings. The van der Waals surface area contributed by atoms with Crippen LogP contribution in [0.2, 0.25) is 5.02 Å². The van der Waals surface area contributed by atoms with Crippen molar-refractivity contribution >= 4 is 28.4 Å². The molecule has 0 bridgehead atoms. The first kappa shape index (κ1) is 21.9. The molecule has 0 saturated heterocycles. The van der Waals surface area contributed by atoms with Gasteiger partial charge in [0.25, 0.3) is 11.5 Å². The maximum absolute atomic E-state index is 13.4. The molecule has 0 spiro atoms. The highest BCUT2D eigenvalue weighted by atomic mass is 35.5. The Labute approximate surface area is 200 Å². The summed E-state index contributed by atoms with van der Waals surface area (Å²) in [6.45, 7) is 0.575. The molecular weight excluding hydrogens is 456 g/mol. The largest absolute Gasteiger partial charge is 0.497 e. The van der Waals surface area contributed by atoms with Crippen molar-refractivity contribution in [2.45, 2.75) is 13.1 Å². The number of rotatable bonds is 6. The molecule has 0 radical (unpaired) electrons. The predicted octanol–water partition coefficient (Wildman–Crippen LogP) is 4.76. The normalized spacial score (nSPS) is 12.1. The fraction of sp³-hybridized carbons (Fsp3) is 0.154. The highest BCUT2D eigenvalue weighted by Gasteiger charge is 2.20. The summed E-state index contributed by atoms with van der Waals surface area (Å²) in [5.74, 6) is 1.73. The number of carbonyl (C=O) groups is 1. The van der Waals surface area contributed by atoms with Gasteiger partial charge < -0.3 is 24.1 Å². The maximum Gasteiger partial charge on any atom is 0.254 e. The van der Waals surface area contributed by atoms with E-state index in [9.17, 15) is 9.59 Å². The van der Waals surface area contributed by atoms with Crippen LogP contribution in [0.3, 0.4) is 0 Å². The summed E-state index contributed by atoms with van der Waals surface area (Å²) < 4.78 is 16.1. The van der Waals surface area contributed by atoms with E-state index in [0.29, 0.717) is 39.7 Å². The quantitative estimate of drug-likeness (QED) is 0.434. The van der Waals surface area contributed by atoms with Gasteiger partial charge in [0.1, 0.15) is 5.75 Å². The number of benzene rings is 3. The molecule has 8 heteroatoms. The van der Waals surface area contributed by atoms with Crippen molar-refractivity contribution in [2.75, 3.05) is 13.9 Å². The molecule has 3 aromatic carbocycles. The zero-order chi connectivity index (χ0) is 23.7. The van der Waals surface area contributed by atoms with Gasteiger partial charge in [-0.1, -0.05) is 23.7 Å². The number of nitrogens with zero attached hydrogens (tertiary/aromatic N) is 1.